The van der Waals surface area contributed by atoms with E-state index in [1.807, 2.05) is 18.3 Å². The molecule has 0 radical (unpaired) electrons. The van der Waals surface area contributed by atoms with Crippen molar-refractivity contribution in [2.24, 2.45) is 0 Å². The molecule has 0 aliphatic heterocycles. The second kappa shape index (κ2) is 1.73. The van der Waals surface area contributed by atoms with Gasteiger partial charge in [-0.15, -0.1) is 0 Å². The van der Waals surface area contributed by atoms with Crippen LogP contribution in [0.1, 0.15) is 0 Å². The maximum atomic E-state index is 5.56. The fraction of sp³-hybridized carbons (Fsp3) is 0. The summed E-state index contributed by atoms with van der Waals surface area (Å²) in [5.41, 5.74) is 6.41. The van der Waals surface area contributed by atoms with E-state index in [0.29, 0.717) is 5.82 Å². The third-order valence-electron chi connectivity index (χ3n) is 1.48. The number of hydrogen-bond donors (Lipinski definition) is 2. The normalized spacial score (nSPS) is 10.4. The number of aromatic nitrogens is 2. The molecule has 0 aliphatic rings. The highest BCUT2D eigenvalue weighted by Gasteiger charge is 1.96. The lowest BCUT2D eigenvalue weighted by atomic mass is 10.3. The first-order chi connectivity index (χ1) is 4.88. The molecular formula is C7H7N3. The number of nitrogens with one attached hydrogen (secondary N) is 1. The number of nitrogens with two attached hydrogens (primary N) is 1. The summed E-state index contributed by atoms with van der Waals surface area (Å²) in [7, 11) is 0. The highest BCUT2D eigenvalue weighted by molar-refractivity contribution is 5.87. The van der Waals surface area contributed by atoms with Crippen molar-refractivity contribution in [3.05, 3.63) is 24.5 Å². The van der Waals surface area contributed by atoms with E-state index in [9.17, 15) is 0 Å². The van der Waals surface area contributed by atoms with Gasteiger partial charge in [0.25, 0.3) is 0 Å². The molecule has 0 fully saturated rings. The van der Waals surface area contributed by atoms with Crippen LogP contribution in [0, 0.1) is 0 Å². The van der Waals surface area contributed by atoms with Gasteiger partial charge in [0.2, 0.25) is 0 Å². The fourth-order valence-corrected chi connectivity index (χ4v) is 0.983. The molecular weight excluding hydrogens is 126 g/mol. The summed E-state index contributed by atoms with van der Waals surface area (Å²) >= 11 is 0. The number of nitrogen functional groups attached to an aromatic ring is 1. The van der Waals surface area contributed by atoms with Gasteiger partial charge in [0.15, 0.2) is 0 Å². The molecule has 0 unspecified atom stereocenters. The predicted molar refractivity (Wildman–Crippen MR) is 40.5 cm³/mol. The third kappa shape index (κ3) is 0.572. The SMILES string of the molecule is Nc1[nH]cc2cccnc12. The number of aromatic amines is 1. The molecule has 0 atom stereocenters. The van der Waals surface area contributed by atoms with E-state index >= 15 is 0 Å². The number of anilines is 1. The van der Waals surface area contributed by atoms with Crippen molar-refractivity contribution in [3.8, 4) is 0 Å². The van der Waals surface area contributed by atoms with Crippen LogP contribution in [0.2, 0.25) is 0 Å². The van der Waals surface area contributed by atoms with Crippen LogP contribution in [0.15, 0.2) is 24.5 Å². The van der Waals surface area contributed by atoms with Crippen molar-refractivity contribution in [3.63, 3.8) is 0 Å². The fourth-order valence-electron chi connectivity index (χ4n) is 0.983. The Morgan fingerprint density at radius 1 is 1.50 bits per heavy atom. The molecule has 3 nitrogen and oxygen atoms in total. The summed E-state index contributed by atoms with van der Waals surface area (Å²) < 4.78 is 0. The van der Waals surface area contributed by atoms with Crippen LogP contribution in [-0.4, -0.2) is 9.97 Å². The Labute approximate surface area is 57.9 Å². The minimum atomic E-state index is 0.635. The Kier molecular flexibility index (Phi) is 0.917. The first kappa shape index (κ1) is 5.29. The lowest BCUT2D eigenvalue weighted by Gasteiger charge is -1.86. The highest BCUT2D eigenvalue weighted by Crippen LogP contribution is 2.15. The average Bonchev–Trinajstić information content (AvgIpc) is 2.34. The lowest BCUT2D eigenvalue weighted by Crippen LogP contribution is -1.84. The number of H-pyrrole nitrogens is 1. The molecule has 3 heteroatoms. The molecule has 2 rings (SSSR count). The van der Waals surface area contributed by atoms with Crippen molar-refractivity contribution in [1.82, 2.24) is 9.97 Å². The summed E-state index contributed by atoms with van der Waals surface area (Å²) in [6.45, 7) is 0. The van der Waals surface area contributed by atoms with Gasteiger partial charge in [0, 0.05) is 17.8 Å². The van der Waals surface area contributed by atoms with Crippen molar-refractivity contribution < 1.29 is 0 Å². The van der Waals surface area contributed by atoms with Crippen LogP contribution in [0.25, 0.3) is 10.9 Å². The van der Waals surface area contributed by atoms with E-state index in [-0.39, 0.29) is 0 Å². The Morgan fingerprint density at radius 3 is 3.20 bits per heavy atom. The van der Waals surface area contributed by atoms with Crippen LogP contribution in [0.5, 0.6) is 0 Å². The van der Waals surface area contributed by atoms with Crippen molar-refractivity contribution >= 4 is 16.7 Å². The monoisotopic (exact) mass is 133 g/mol. The molecule has 10 heavy (non-hydrogen) atoms. The van der Waals surface area contributed by atoms with Crippen LogP contribution in [-0.2, 0) is 0 Å². The van der Waals surface area contributed by atoms with Crippen molar-refractivity contribution in [2.45, 2.75) is 0 Å². The van der Waals surface area contributed by atoms with E-state index in [0.717, 1.165) is 10.9 Å². The molecule has 2 heterocycles. The molecule has 3 N–H and O–H groups in total. The van der Waals surface area contributed by atoms with E-state index in [4.69, 9.17) is 5.73 Å². The summed E-state index contributed by atoms with van der Waals surface area (Å²) in [6, 6.07) is 3.85. The highest BCUT2D eigenvalue weighted by atomic mass is 14.9. The lowest BCUT2D eigenvalue weighted by molar-refractivity contribution is 1.39. The molecule has 2 aromatic rings. The van der Waals surface area contributed by atoms with Gasteiger partial charge < -0.3 is 10.7 Å². The van der Waals surface area contributed by atoms with E-state index < -0.39 is 0 Å². The Balaban J connectivity index is 2.93. The Bertz CT molecular complexity index is 350. The van der Waals surface area contributed by atoms with Crippen LogP contribution >= 0.6 is 0 Å². The minimum absolute atomic E-state index is 0.635. The van der Waals surface area contributed by atoms with Crippen LogP contribution in [0.4, 0.5) is 5.82 Å². The molecule has 0 amide bonds. The Morgan fingerprint density at radius 2 is 2.40 bits per heavy atom. The number of pyridine rings is 1. The van der Waals surface area contributed by atoms with Crippen molar-refractivity contribution in [2.75, 3.05) is 5.73 Å². The van der Waals surface area contributed by atoms with Crippen LogP contribution < -0.4 is 5.73 Å². The van der Waals surface area contributed by atoms with Crippen LogP contribution in [0.3, 0.4) is 0 Å². The predicted octanol–water partition coefficient (Wildman–Crippen LogP) is 1.15. The van der Waals surface area contributed by atoms with Gasteiger partial charge in [-0.25, -0.2) is 0 Å². The summed E-state index contributed by atoms with van der Waals surface area (Å²) in [5, 5.41) is 1.06. The second-order valence-corrected chi connectivity index (χ2v) is 2.14. The van der Waals surface area contributed by atoms with Gasteiger partial charge in [-0.05, 0) is 12.1 Å². The number of hydrogen-bond acceptors (Lipinski definition) is 2. The standard InChI is InChI=1S/C7H7N3/c8-7-6-5(4-10-7)2-1-3-9-6/h1-4,10H,8H2. The van der Waals surface area contributed by atoms with Gasteiger partial charge in [-0.3, -0.25) is 4.98 Å². The molecule has 50 valence electrons. The second-order valence-electron chi connectivity index (χ2n) is 2.14. The first-order valence-corrected chi connectivity index (χ1v) is 3.05. The van der Waals surface area contributed by atoms with Gasteiger partial charge in [0.05, 0.1) is 0 Å². The van der Waals surface area contributed by atoms with Crippen molar-refractivity contribution in [1.29, 1.82) is 0 Å². The van der Waals surface area contributed by atoms with E-state index in [2.05, 4.69) is 9.97 Å². The zero-order valence-corrected chi connectivity index (χ0v) is 5.33. The topological polar surface area (TPSA) is 54.7 Å². The quantitative estimate of drug-likeness (QED) is 0.566. The molecule has 0 aromatic carbocycles. The first-order valence-electron chi connectivity index (χ1n) is 3.05. The van der Waals surface area contributed by atoms with Gasteiger partial charge in [0.1, 0.15) is 11.3 Å². The third-order valence-corrected chi connectivity index (χ3v) is 1.48. The summed E-state index contributed by atoms with van der Waals surface area (Å²) in [4.78, 5) is 6.98. The number of rotatable bonds is 0. The summed E-state index contributed by atoms with van der Waals surface area (Å²) in [6.07, 6.45) is 3.57. The molecule has 2 aromatic heterocycles. The van der Waals surface area contributed by atoms with E-state index in [1.165, 1.54) is 0 Å². The largest absolute Gasteiger partial charge is 0.383 e. The molecule has 0 aliphatic carbocycles. The summed E-state index contributed by atoms with van der Waals surface area (Å²) in [5.74, 6) is 0.635. The van der Waals surface area contributed by atoms with Gasteiger partial charge in [-0.2, -0.15) is 0 Å². The van der Waals surface area contributed by atoms with Gasteiger partial charge in [-0.1, -0.05) is 0 Å². The number of fused-ring (bicyclic) bond motifs is 1. The molecule has 0 saturated carbocycles. The Hall–Kier alpha value is -1.51. The van der Waals surface area contributed by atoms with Gasteiger partial charge >= 0.3 is 0 Å². The smallest absolute Gasteiger partial charge is 0.127 e. The van der Waals surface area contributed by atoms with E-state index in [1.54, 1.807) is 6.20 Å². The zero-order valence-electron chi connectivity index (χ0n) is 5.33. The molecule has 0 saturated heterocycles. The molecule has 0 bridgehead atoms. The maximum absolute atomic E-state index is 5.56. The average molecular weight is 133 g/mol. The molecule has 0 spiro atoms. The number of nitrogens with zero attached hydrogens (tertiary/aromatic N) is 1. The maximum Gasteiger partial charge on any atom is 0.127 e. The minimum Gasteiger partial charge on any atom is -0.383 e. The zero-order chi connectivity index (χ0) is 6.97.